The van der Waals surface area contributed by atoms with E-state index in [2.05, 4.69) is 9.55 Å². The van der Waals surface area contributed by atoms with Gasteiger partial charge in [-0.25, -0.2) is 4.98 Å². The van der Waals surface area contributed by atoms with Gasteiger partial charge in [0.1, 0.15) is 5.82 Å². The summed E-state index contributed by atoms with van der Waals surface area (Å²) >= 11 is 6.17. The minimum atomic E-state index is 0.745. The summed E-state index contributed by atoms with van der Waals surface area (Å²) in [5.74, 6) is 1.06. The molecule has 1 aromatic heterocycles. The van der Waals surface area contributed by atoms with E-state index in [0.29, 0.717) is 0 Å². The van der Waals surface area contributed by atoms with E-state index in [4.69, 9.17) is 17.3 Å². The molecule has 2 aromatic rings. The van der Waals surface area contributed by atoms with Crippen molar-refractivity contribution in [1.29, 1.82) is 0 Å². The minimum absolute atomic E-state index is 0.745. The third-order valence-electron chi connectivity index (χ3n) is 2.96. The molecular formula is C14H18ClN3. The number of aromatic nitrogens is 2. The molecule has 2 rings (SSSR count). The van der Waals surface area contributed by atoms with Crippen molar-refractivity contribution >= 4 is 11.6 Å². The Morgan fingerprint density at radius 2 is 2.06 bits per heavy atom. The summed E-state index contributed by atoms with van der Waals surface area (Å²) in [7, 11) is 0. The molecule has 0 bridgehead atoms. The predicted molar refractivity (Wildman–Crippen MR) is 74.8 cm³/mol. The number of aryl methyl sites for hydroxylation is 1. The van der Waals surface area contributed by atoms with Crippen LogP contribution in [0.15, 0.2) is 36.7 Å². The fourth-order valence-corrected chi connectivity index (χ4v) is 2.15. The lowest BCUT2D eigenvalue weighted by Crippen LogP contribution is -2.06. The van der Waals surface area contributed by atoms with Crippen LogP contribution in [-0.2, 0) is 13.0 Å². The van der Waals surface area contributed by atoms with Crippen LogP contribution < -0.4 is 5.73 Å². The Morgan fingerprint density at radius 3 is 2.83 bits per heavy atom. The van der Waals surface area contributed by atoms with E-state index in [1.807, 2.05) is 36.7 Å². The lowest BCUT2D eigenvalue weighted by molar-refractivity contribution is 0.595. The van der Waals surface area contributed by atoms with Crippen LogP contribution in [0.4, 0.5) is 0 Å². The first-order valence-electron chi connectivity index (χ1n) is 6.24. The first-order chi connectivity index (χ1) is 8.81. The molecule has 0 saturated carbocycles. The zero-order chi connectivity index (χ0) is 12.8. The van der Waals surface area contributed by atoms with Gasteiger partial charge in [-0.1, -0.05) is 29.8 Å². The van der Waals surface area contributed by atoms with E-state index in [0.717, 1.165) is 48.8 Å². The van der Waals surface area contributed by atoms with Gasteiger partial charge in [0.05, 0.1) is 0 Å². The monoisotopic (exact) mass is 263 g/mol. The maximum atomic E-state index is 6.17. The Bertz CT molecular complexity index is 493. The molecule has 0 radical (unpaired) electrons. The first-order valence-corrected chi connectivity index (χ1v) is 6.62. The van der Waals surface area contributed by atoms with Crippen LogP contribution in [0.5, 0.6) is 0 Å². The van der Waals surface area contributed by atoms with Gasteiger partial charge in [-0.05, 0) is 31.0 Å². The third-order valence-corrected chi connectivity index (χ3v) is 3.33. The number of unbranched alkanes of at least 4 members (excludes halogenated alkanes) is 1. The Kier molecular flexibility index (Phi) is 4.79. The quantitative estimate of drug-likeness (QED) is 0.815. The molecule has 0 saturated heterocycles. The standard InChI is InChI=1S/C14H18ClN3/c15-13-6-2-1-5-12(13)11-14-17-8-10-18(14)9-4-3-7-16/h1-2,5-6,8,10H,3-4,7,9,11,16H2. The van der Waals surface area contributed by atoms with Gasteiger partial charge in [0.2, 0.25) is 0 Å². The van der Waals surface area contributed by atoms with E-state index < -0.39 is 0 Å². The predicted octanol–water partition coefficient (Wildman–Crippen LogP) is 2.87. The van der Waals surface area contributed by atoms with Crippen molar-refractivity contribution in [2.75, 3.05) is 6.54 Å². The van der Waals surface area contributed by atoms with Crippen molar-refractivity contribution in [2.45, 2.75) is 25.8 Å². The lowest BCUT2D eigenvalue weighted by Gasteiger charge is -2.08. The van der Waals surface area contributed by atoms with Crippen molar-refractivity contribution in [1.82, 2.24) is 9.55 Å². The SMILES string of the molecule is NCCCCn1ccnc1Cc1ccccc1Cl. The average Bonchev–Trinajstić information content (AvgIpc) is 2.80. The highest BCUT2D eigenvalue weighted by atomic mass is 35.5. The van der Waals surface area contributed by atoms with Gasteiger partial charge in [0.25, 0.3) is 0 Å². The highest BCUT2D eigenvalue weighted by molar-refractivity contribution is 6.31. The van der Waals surface area contributed by atoms with Crippen LogP contribution in [0.2, 0.25) is 5.02 Å². The van der Waals surface area contributed by atoms with E-state index in [1.165, 1.54) is 0 Å². The normalized spacial score (nSPS) is 10.8. The Balaban J connectivity index is 2.05. The number of rotatable bonds is 6. The third kappa shape index (κ3) is 3.34. The van der Waals surface area contributed by atoms with E-state index in [9.17, 15) is 0 Å². The molecule has 4 heteroatoms. The van der Waals surface area contributed by atoms with Crippen molar-refractivity contribution in [3.8, 4) is 0 Å². The van der Waals surface area contributed by atoms with Crippen molar-refractivity contribution in [2.24, 2.45) is 5.73 Å². The average molecular weight is 264 g/mol. The number of nitrogens with zero attached hydrogens (tertiary/aromatic N) is 2. The van der Waals surface area contributed by atoms with Gasteiger partial charge in [-0.3, -0.25) is 0 Å². The molecule has 18 heavy (non-hydrogen) atoms. The van der Waals surface area contributed by atoms with Gasteiger partial charge in [0.15, 0.2) is 0 Å². The number of hydrogen-bond acceptors (Lipinski definition) is 2. The summed E-state index contributed by atoms with van der Waals surface area (Å²) < 4.78 is 2.18. The summed E-state index contributed by atoms with van der Waals surface area (Å²) in [6.07, 6.45) is 6.76. The van der Waals surface area contributed by atoms with E-state index in [-0.39, 0.29) is 0 Å². The molecular weight excluding hydrogens is 246 g/mol. The number of halogens is 1. The lowest BCUT2D eigenvalue weighted by atomic mass is 10.1. The second kappa shape index (κ2) is 6.57. The van der Waals surface area contributed by atoms with E-state index in [1.54, 1.807) is 0 Å². The number of hydrogen-bond donors (Lipinski definition) is 1. The molecule has 3 nitrogen and oxygen atoms in total. The Morgan fingerprint density at radius 1 is 1.22 bits per heavy atom. The van der Waals surface area contributed by atoms with Crippen LogP contribution >= 0.6 is 11.6 Å². The molecule has 0 aliphatic carbocycles. The van der Waals surface area contributed by atoms with Crippen LogP contribution in [0.25, 0.3) is 0 Å². The molecule has 0 spiro atoms. The van der Waals surface area contributed by atoms with Crippen LogP contribution in [0, 0.1) is 0 Å². The fourth-order valence-electron chi connectivity index (χ4n) is 1.95. The van der Waals surface area contributed by atoms with E-state index >= 15 is 0 Å². The molecule has 96 valence electrons. The maximum Gasteiger partial charge on any atom is 0.113 e. The topological polar surface area (TPSA) is 43.8 Å². The number of benzene rings is 1. The molecule has 2 N–H and O–H groups in total. The molecule has 0 aliphatic heterocycles. The molecule has 1 aromatic carbocycles. The highest BCUT2D eigenvalue weighted by Gasteiger charge is 2.06. The molecule has 0 fully saturated rings. The number of nitrogens with two attached hydrogens (primary N) is 1. The van der Waals surface area contributed by atoms with Gasteiger partial charge in [-0.2, -0.15) is 0 Å². The van der Waals surface area contributed by atoms with Crippen molar-refractivity contribution in [3.63, 3.8) is 0 Å². The van der Waals surface area contributed by atoms with Gasteiger partial charge >= 0.3 is 0 Å². The van der Waals surface area contributed by atoms with Crippen LogP contribution in [-0.4, -0.2) is 16.1 Å². The summed E-state index contributed by atoms with van der Waals surface area (Å²) in [6.45, 7) is 1.71. The second-order valence-corrected chi connectivity index (χ2v) is 4.71. The summed E-state index contributed by atoms with van der Waals surface area (Å²) in [5.41, 5.74) is 6.62. The highest BCUT2D eigenvalue weighted by Crippen LogP contribution is 2.18. The van der Waals surface area contributed by atoms with Gasteiger partial charge in [-0.15, -0.1) is 0 Å². The zero-order valence-corrected chi connectivity index (χ0v) is 11.1. The van der Waals surface area contributed by atoms with Crippen LogP contribution in [0.3, 0.4) is 0 Å². The molecule has 0 unspecified atom stereocenters. The molecule has 1 heterocycles. The summed E-state index contributed by atoms with van der Waals surface area (Å²) in [4.78, 5) is 4.40. The summed E-state index contributed by atoms with van der Waals surface area (Å²) in [5, 5.41) is 0.800. The molecule has 0 amide bonds. The first kappa shape index (κ1) is 13.1. The molecule has 0 aliphatic rings. The smallest absolute Gasteiger partial charge is 0.113 e. The van der Waals surface area contributed by atoms with Crippen LogP contribution in [0.1, 0.15) is 24.2 Å². The Labute approximate surface area is 113 Å². The maximum absolute atomic E-state index is 6.17. The largest absolute Gasteiger partial charge is 0.335 e. The fraction of sp³-hybridized carbons (Fsp3) is 0.357. The van der Waals surface area contributed by atoms with Crippen molar-refractivity contribution < 1.29 is 0 Å². The second-order valence-electron chi connectivity index (χ2n) is 4.30. The number of imidazole rings is 1. The van der Waals surface area contributed by atoms with Gasteiger partial charge < -0.3 is 10.3 Å². The minimum Gasteiger partial charge on any atom is -0.335 e. The zero-order valence-electron chi connectivity index (χ0n) is 10.3. The van der Waals surface area contributed by atoms with Gasteiger partial charge in [0, 0.05) is 30.4 Å². The molecule has 0 atom stereocenters. The summed E-state index contributed by atoms with van der Waals surface area (Å²) in [6, 6.07) is 7.91. The van der Waals surface area contributed by atoms with Crippen molar-refractivity contribution in [3.05, 3.63) is 53.1 Å². The Hall–Kier alpha value is -1.32.